The Labute approximate surface area is 137 Å². The molecule has 6 nitrogen and oxygen atoms in total. The van der Waals surface area contributed by atoms with Gasteiger partial charge in [0.2, 0.25) is 15.9 Å². The average Bonchev–Trinajstić information content (AvgIpc) is 2.51. The van der Waals surface area contributed by atoms with Crippen LogP contribution in [0.4, 0.5) is 0 Å². The zero-order valence-corrected chi connectivity index (χ0v) is 14.4. The molecule has 1 aromatic rings. The Morgan fingerprint density at radius 1 is 1.43 bits per heavy atom. The Balaban J connectivity index is 2.00. The van der Waals surface area contributed by atoms with Gasteiger partial charge in [0.05, 0.1) is 16.9 Å². The van der Waals surface area contributed by atoms with Crippen molar-refractivity contribution in [1.29, 1.82) is 0 Å². The monoisotopic (exact) mass is 340 g/mol. The number of primary sulfonamides is 1. The van der Waals surface area contributed by atoms with Crippen LogP contribution in [0.1, 0.15) is 37.3 Å². The van der Waals surface area contributed by atoms with Crippen LogP contribution < -0.4 is 10.5 Å². The van der Waals surface area contributed by atoms with Gasteiger partial charge in [0.25, 0.3) is 0 Å². The number of ether oxygens (including phenoxy) is 1. The Morgan fingerprint density at radius 3 is 2.78 bits per heavy atom. The Hall–Kier alpha value is -1.44. The van der Waals surface area contributed by atoms with Crippen LogP contribution in [0.15, 0.2) is 23.1 Å². The molecule has 23 heavy (non-hydrogen) atoms. The van der Waals surface area contributed by atoms with Gasteiger partial charge in [-0.1, -0.05) is 19.1 Å². The van der Waals surface area contributed by atoms with E-state index in [-0.39, 0.29) is 22.8 Å². The summed E-state index contributed by atoms with van der Waals surface area (Å²) in [7, 11) is -3.71. The van der Waals surface area contributed by atoms with Crippen molar-refractivity contribution >= 4 is 15.9 Å². The minimum absolute atomic E-state index is 0.00951. The largest absolute Gasteiger partial charge is 0.377 e. The number of carbonyl (C=O) groups is 1. The molecule has 2 atom stereocenters. The van der Waals surface area contributed by atoms with Crippen LogP contribution in [0, 0.1) is 12.8 Å². The second-order valence-electron chi connectivity index (χ2n) is 5.93. The number of rotatable bonds is 5. The molecule has 2 rings (SSSR count). The molecule has 128 valence electrons. The maximum absolute atomic E-state index is 12.3. The Bertz CT molecular complexity index is 673. The number of hydrogen-bond acceptors (Lipinski definition) is 4. The summed E-state index contributed by atoms with van der Waals surface area (Å²) in [6, 6.07) is 4.88. The number of nitrogens with one attached hydrogen (secondary N) is 1. The molecule has 1 aliphatic rings. The summed E-state index contributed by atoms with van der Waals surface area (Å²) in [6.07, 6.45) is 2.54. The average molecular weight is 340 g/mol. The number of sulfonamides is 1. The number of benzene rings is 1. The lowest BCUT2D eigenvalue weighted by Gasteiger charge is -2.30. The highest BCUT2D eigenvalue weighted by molar-refractivity contribution is 7.89. The molecule has 1 fully saturated rings. The third-order valence-corrected chi connectivity index (χ3v) is 5.26. The smallest absolute Gasteiger partial charge is 0.238 e. The van der Waals surface area contributed by atoms with Crippen LogP contribution in [0.3, 0.4) is 0 Å². The summed E-state index contributed by atoms with van der Waals surface area (Å²) in [5.41, 5.74) is 1.42. The lowest BCUT2D eigenvalue weighted by molar-refractivity contribution is -0.134. The molecule has 0 aliphatic carbocycles. The topological polar surface area (TPSA) is 98.5 Å². The number of amides is 1. The van der Waals surface area contributed by atoms with Gasteiger partial charge in [0.15, 0.2) is 0 Å². The zero-order chi connectivity index (χ0) is 17.0. The standard InChI is InChI=1S/C16H24N2O4S/c1-3-14-13(5-4-8-22-14)16(19)18-10-12-6-7-15(11(2)9-12)23(17,20)21/h6-7,9,13-14H,3-5,8,10H2,1-2H3,(H,18,19)(H2,17,20,21)/t13-,14+/m0/s1. The van der Waals surface area contributed by atoms with Gasteiger partial charge in [-0.05, 0) is 43.4 Å². The molecule has 0 bridgehead atoms. The van der Waals surface area contributed by atoms with Gasteiger partial charge in [-0.2, -0.15) is 0 Å². The van der Waals surface area contributed by atoms with E-state index in [2.05, 4.69) is 5.32 Å². The molecule has 1 aliphatic heterocycles. The van der Waals surface area contributed by atoms with Gasteiger partial charge >= 0.3 is 0 Å². The van der Waals surface area contributed by atoms with Crippen LogP contribution in [0.2, 0.25) is 0 Å². The van der Waals surface area contributed by atoms with Crippen molar-refractivity contribution in [3.63, 3.8) is 0 Å². The van der Waals surface area contributed by atoms with Crippen LogP contribution in [-0.2, 0) is 26.1 Å². The molecule has 1 heterocycles. The minimum Gasteiger partial charge on any atom is -0.377 e. The molecular weight excluding hydrogens is 316 g/mol. The summed E-state index contributed by atoms with van der Waals surface area (Å²) in [5, 5.41) is 8.07. The number of carbonyl (C=O) groups excluding carboxylic acids is 1. The first-order valence-electron chi connectivity index (χ1n) is 7.84. The fourth-order valence-corrected chi connectivity index (χ4v) is 3.77. The molecule has 1 amide bonds. The molecule has 0 aromatic heterocycles. The second-order valence-corrected chi connectivity index (χ2v) is 7.46. The summed E-state index contributed by atoms with van der Waals surface area (Å²) >= 11 is 0. The van der Waals surface area contributed by atoms with Crippen molar-refractivity contribution in [2.45, 2.75) is 50.7 Å². The lowest BCUT2D eigenvalue weighted by Crippen LogP contribution is -2.41. The van der Waals surface area contributed by atoms with Crippen molar-refractivity contribution < 1.29 is 17.9 Å². The molecule has 1 saturated heterocycles. The van der Waals surface area contributed by atoms with E-state index in [4.69, 9.17) is 9.88 Å². The lowest BCUT2D eigenvalue weighted by atomic mass is 9.92. The van der Waals surface area contributed by atoms with Gasteiger partial charge in [-0.3, -0.25) is 4.79 Å². The zero-order valence-electron chi connectivity index (χ0n) is 13.5. The molecule has 3 N–H and O–H groups in total. The van der Waals surface area contributed by atoms with Crippen molar-refractivity contribution in [1.82, 2.24) is 5.32 Å². The third kappa shape index (κ3) is 4.53. The maximum atomic E-state index is 12.3. The van der Waals surface area contributed by atoms with E-state index in [9.17, 15) is 13.2 Å². The molecular formula is C16H24N2O4S. The van der Waals surface area contributed by atoms with Crippen LogP contribution in [0.25, 0.3) is 0 Å². The van der Waals surface area contributed by atoms with Crippen molar-refractivity contribution in [2.24, 2.45) is 11.1 Å². The fourth-order valence-electron chi connectivity index (χ4n) is 3.00. The summed E-state index contributed by atoms with van der Waals surface area (Å²) < 4.78 is 28.4. The van der Waals surface area contributed by atoms with E-state index in [1.165, 1.54) is 6.07 Å². The SMILES string of the molecule is CC[C@H]1OCCC[C@@H]1C(=O)NCc1ccc(S(N)(=O)=O)c(C)c1. The van der Waals surface area contributed by atoms with Crippen molar-refractivity contribution in [3.05, 3.63) is 29.3 Å². The predicted octanol–water partition coefficient (Wildman–Crippen LogP) is 1.46. The van der Waals surface area contributed by atoms with E-state index < -0.39 is 10.0 Å². The highest BCUT2D eigenvalue weighted by Gasteiger charge is 2.30. The summed E-state index contributed by atoms with van der Waals surface area (Å²) in [6.45, 7) is 4.78. The Morgan fingerprint density at radius 2 is 2.17 bits per heavy atom. The Kier molecular flexibility index (Phi) is 5.78. The highest BCUT2D eigenvalue weighted by Crippen LogP contribution is 2.23. The fraction of sp³-hybridized carbons (Fsp3) is 0.562. The predicted molar refractivity (Wildman–Crippen MR) is 87.2 cm³/mol. The van der Waals surface area contributed by atoms with E-state index in [1.54, 1.807) is 19.1 Å². The first-order chi connectivity index (χ1) is 10.8. The number of aryl methyl sites for hydroxylation is 1. The second kappa shape index (κ2) is 7.42. The maximum Gasteiger partial charge on any atom is 0.238 e. The van der Waals surface area contributed by atoms with E-state index in [0.29, 0.717) is 12.1 Å². The first kappa shape index (κ1) is 17.9. The summed E-state index contributed by atoms with van der Waals surface area (Å²) in [5.74, 6) is -0.122. The quantitative estimate of drug-likeness (QED) is 0.848. The molecule has 7 heteroatoms. The molecule has 0 unspecified atom stereocenters. The summed E-state index contributed by atoms with van der Waals surface area (Å²) in [4.78, 5) is 12.5. The van der Waals surface area contributed by atoms with Crippen molar-refractivity contribution in [3.8, 4) is 0 Å². The van der Waals surface area contributed by atoms with Crippen LogP contribution >= 0.6 is 0 Å². The van der Waals surface area contributed by atoms with Crippen molar-refractivity contribution in [2.75, 3.05) is 6.61 Å². The molecule has 0 radical (unpaired) electrons. The number of nitrogens with two attached hydrogens (primary N) is 1. The van der Waals surface area contributed by atoms with E-state index in [0.717, 1.165) is 31.4 Å². The van der Waals surface area contributed by atoms with Gasteiger partial charge in [-0.15, -0.1) is 0 Å². The van der Waals surface area contributed by atoms with Gasteiger partial charge in [0, 0.05) is 13.2 Å². The van der Waals surface area contributed by atoms with Gasteiger partial charge in [-0.25, -0.2) is 13.6 Å². The minimum atomic E-state index is -3.71. The molecule has 0 spiro atoms. The van der Waals surface area contributed by atoms with E-state index >= 15 is 0 Å². The molecule has 1 aromatic carbocycles. The first-order valence-corrected chi connectivity index (χ1v) is 9.39. The van der Waals surface area contributed by atoms with E-state index in [1.807, 2.05) is 6.92 Å². The molecule has 0 saturated carbocycles. The normalized spacial score (nSPS) is 21.9. The number of hydrogen-bond donors (Lipinski definition) is 2. The highest BCUT2D eigenvalue weighted by atomic mass is 32.2. The van der Waals surface area contributed by atoms with Gasteiger partial charge < -0.3 is 10.1 Å². The van der Waals surface area contributed by atoms with Crippen LogP contribution in [0.5, 0.6) is 0 Å². The third-order valence-electron chi connectivity index (χ3n) is 4.19. The van der Waals surface area contributed by atoms with Crippen LogP contribution in [-0.4, -0.2) is 27.0 Å². The van der Waals surface area contributed by atoms with Gasteiger partial charge in [0.1, 0.15) is 0 Å².